The molecule has 0 fully saturated rings. The SMILES string of the molecule is Nc1ncc(Br)cc1S(=O)(=O)Nc1ccc(Cn2cccn2)cc1. The molecule has 0 saturated heterocycles. The molecule has 3 rings (SSSR count). The molecule has 0 aliphatic heterocycles. The van der Waals surface area contributed by atoms with Gasteiger partial charge in [0.1, 0.15) is 10.7 Å². The minimum Gasteiger partial charge on any atom is -0.383 e. The Morgan fingerprint density at radius 1 is 1.25 bits per heavy atom. The molecule has 7 nitrogen and oxygen atoms in total. The van der Waals surface area contributed by atoms with E-state index < -0.39 is 10.0 Å². The van der Waals surface area contributed by atoms with E-state index in [1.807, 2.05) is 24.4 Å². The van der Waals surface area contributed by atoms with E-state index in [4.69, 9.17) is 5.73 Å². The van der Waals surface area contributed by atoms with Crippen LogP contribution in [-0.2, 0) is 16.6 Å². The molecule has 124 valence electrons. The van der Waals surface area contributed by atoms with Crippen LogP contribution in [0.25, 0.3) is 0 Å². The van der Waals surface area contributed by atoms with Gasteiger partial charge in [0.15, 0.2) is 0 Å². The second kappa shape index (κ2) is 6.62. The van der Waals surface area contributed by atoms with Gasteiger partial charge < -0.3 is 5.73 Å². The van der Waals surface area contributed by atoms with Crippen molar-refractivity contribution in [3.8, 4) is 0 Å². The number of hydrogen-bond donors (Lipinski definition) is 2. The minimum absolute atomic E-state index is 0.0546. The smallest absolute Gasteiger partial charge is 0.265 e. The fraction of sp³-hybridized carbons (Fsp3) is 0.0667. The van der Waals surface area contributed by atoms with Crippen molar-refractivity contribution in [3.63, 3.8) is 0 Å². The summed E-state index contributed by atoms with van der Waals surface area (Å²) in [6, 6.07) is 10.3. The standard InChI is InChI=1S/C15H14BrN5O2S/c16-12-8-14(15(17)18-9-12)24(22,23)20-13-4-2-11(3-5-13)10-21-7-1-6-19-21/h1-9,20H,10H2,(H2,17,18). The predicted molar refractivity (Wildman–Crippen MR) is 94.9 cm³/mol. The first kappa shape index (κ1) is 16.5. The first-order valence-corrected chi connectivity index (χ1v) is 9.22. The average molecular weight is 408 g/mol. The predicted octanol–water partition coefficient (Wildman–Crippen LogP) is 2.47. The van der Waals surface area contributed by atoms with Crippen molar-refractivity contribution in [2.75, 3.05) is 10.5 Å². The van der Waals surface area contributed by atoms with Gasteiger partial charge in [-0.25, -0.2) is 13.4 Å². The summed E-state index contributed by atoms with van der Waals surface area (Å²) in [4.78, 5) is 3.77. The van der Waals surface area contributed by atoms with Crippen LogP contribution >= 0.6 is 15.9 Å². The summed E-state index contributed by atoms with van der Waals surface area (Å²) in [7, 11) is -3.81. The third kappa shape index (κ3) is 3.74. The van der Waals surface area contributed by atoms with Crippen LogP contribution in [0.3, 0.4) is 0 Å². The van der Waals surface area contributed by atoms with Gasteiger partial charge >= 0.3 is 0 Å². The van der Waals surface area contributed by atoms with E-state index in [0.717, 1.165) is 5.56 Å². The number of nitrogen functional groups attached to an aromatic ring is 1. The molecule has 0 atom stereocenters. The fourth-order valence-corrected chi connectivity index (χ4v) is 3.77. The Labute approximate surface area is 147 Å². The molecule has 2 heterocycles. The molecule has 3 N–H and O–H groups in total. The van der Waals surface area contributed by atoms with E-state index in [0.29, 0.717) is 16.7 Å². The highest BCUT2D eigenvalue weighted by Gasteiger charge is 2.19. The molecule has 0 radical (unpaired) electrons. The van der Waals surface area contributed by atoms with E-state index in [2.05, 4.69) is 30.7 Å². The molecule has 1 aromatic carbocycles. The van der Waals surface area contributed by atoms with Crippen LogP contribution in [0, 0.1) is 0 Å². The second-order valence-corrected chi connectivity index (χ2v) is 7.61. The molecule has 0 spiro atoms. The molecule has 24 heavy (non-hydrogen) atoms. The fourth-order valence-electron chi connectivity index (χ4n) is 2.12. The first-order chi connectivity index (χ1) is 11.4. The molecule has 0 unspecified atom stereocenters. The highest BCUT2D eigenvalue weighted by Crippen LogP contribution is 2.23. The Hall–Kier alpha value is -2.39. The van der Waals surface area contributed by atoms with Gasteiger partial charge in [-0.05, 0) is 45.8 Å². The zero-order valence-electron chi connectivity index (χ0n) is 12.4. The highest BCUT2D eigenvalue weighted by molar-refractivity contribution is 9.10. The van der Waals surface area contributed by atoms with Gasteiger partial charge in [-0.2, -0.15) is 5.10 Å². The van der Waals surface area contributed by atoms with Crippen molar-refractivity contribution in [3.05, 3.63) is 65.0 Å². The first-order valence-electron chi connectivity index (χ1n) is 6.94. The Balaban J connectivity index is 1.79. The van der Waals surface area contributed by atoms with Gasteiger partial charge in [-0.3, -0.25) is 9.40 Å². The molecule has 0 saturated carbocycles. The number of anilines is 2. The van der Waals surface area contributed by atoms with Crippen LogP contribution in [0.5, 0.6) is 0 Å². The van der Waals surface area contributed by atoms with Gasteiger partial charge in [0, 0.05) is 28.8 Å². The van der Waals surface area contributed by atoms with Crippen LogP contribution in [0.2, 0.25) is 0 Å². The lowest BCUT2D eigenvalue weighted by Gasteiger charge is -2.10. The van der Waals surface area contributed by atoms with E-state index >= 15 is 0 Å². The molecule has 0 aliphatic rings. The number of hydrogen-bond acceptors (Lipinski definition) is 5. The van der Waals surface area contributed by atoms with Gasteiger partial charge in [0.25, 0.3) is 10.0 Å². The van der Waals surface area contributed by atoms with Gasteiger partial charge in [-0.15, -0.1) is 0 Å². The maximum atomic E-state index is 12.4. The van der Waals surface area contributed by atoms with Crippen LogP contribution in [-0.4, -0.2) is 23.2 Å². The largest absolute Gasteiger partial charge is 0.383 e. The number of halogens is 1. The van der Waals surface area contributed by atoms with Gasteiger partial charge in [0.05, 0.1) is 6.54 Å². The van der Waals surface area contributed by atoms with Crippen molar-refractivity contribution in [1.82, 2.24) is 14.8 Å². The summed E-state index contributed by atoms with van der Waals surface area (Å²) in [5, 5.41) is 4.13. The monoisotopic (exact) mass is 407 g/mol. The highest BCUT2D eigenvalue weighted by atomic mass is 79.9. The lowest BCUT2D eigenvalue weighted by Crippen LogP contribution is -2.15. The number of sulfonamides is 1. The number of rotatable bonds is 5. The Kier molecular flexibility index (Phi) is 4.54. The topological polar surface area (TPSA) is 103 Å². The summed E-state index contributed by atoms with van der Waals surface area (Å²) in [6.07, 6.45) is 5.01. The Morgan fingerprint density at radius 2 is 2.00 bits per heavy atom. The number of nitrogens with zero attached hydrogens (tertiary/aromatic N) is 3. The number of nitrogens with two attached hydrogens (primary N) is 1. The zero-order chi connectivity index (χ0) is 17.2. The quantitative estimate of drug-likeness (QED) is 0.675. The molecular weight excluding hydrogens is 394 g/mol. The summed E-state index contributed by atoms with van der Waals surface area (Å²) in [6.45, 7) is 0.614. The summed E-state index contributed by atoms with van der Waals surface area (Å²) < 4.78 is 29.7. The normalized spacial score (nSPS) is 11.4. The van der Waals surface area contributed by atoms with E-state index in [1.54, 1.807) is 23.0 Å². The molecule has 2 aromatic heterocycles. The number of nitrogens with one attached hydrogen (secondary N) is 1. The maximum absolute atomic E-state index is 12.4. The second-order valence-electron chi connectivity index (χ2n) is 5.04. The minimum atomic E-state index is -3.81. The molecule has 0 amide bonds. The van der Waals surface area contributed by atoms with Crippen molar-refractivity contribution >= 4 is 37.5 Å². The summed E-state index contributed by atoms with van der Waals surface area (Å²) in [5.41, 5.74) is 7.12. The lowest BCUT2D eigenvalue weighted by molar-refractivity contribution is 0.601. The van der Waals surface area contributed by atoms with Crippen LogP contribution < -0.4 is 10.5 Å². The van der Waals surface area contributed by atoms with Crippen molar-refractivity contribution < 1.29 is 8.42 Å². The summed E-state index contributed by atoms with van der Waals surface area (Å²) >= 11 is 3.19. The maximum Gasteiger partial charge on any atom is 0.265 e. The number of benzene rings is 1. The summed E-state index contributed by atoms with van der Waals surface area (Å²) in [5.74, 6) is -0.0546. The van der Waals surface area contributed by atoms with E-state index in [-0.39, 0.29) is 10.7 Å². The van der Waals surface area contributed by atoms with E-state index in [9.17, 15) is 8.42 Å². The zero-order valence-corrected chi connectivity index (χ0v) is 14.8. The van der Waals surface area contributed by atoms with Crippen molar-refractivity contribution in [2.45, 2.75) is 11.4 Å². The Morgan fingerprint density at radius 3 is 2.67 bits per heavy atom. The van der Waals surface area contributed by atoms with Gasteiger partial charge in [0.2, 0.25) is 0 Å². The van der Waals surface area contributed by atoms with Crippen molar-refractivity contribution in [1.29, 1.82) is 0 Å². The molecular formula is C15H14BrN5O2S. The van der Waals surface area contributed by atoms with Crippen LogP contribution in [0.15, 0.2) is 64.4 Å². The third-order valence-corrected chi connectivity index (χ3v) is 5.09. The van der Waals surface area contributed by atoms with Crippen LogP contribution in [0.4, 0.5) is 11.5 Å². The Bertz CT molecular complexity index is 941. The third-order valence-electron chi connectivity index (χ3n) is 3.25. The van der Waals surface area contributed by atoms with Crippen LogP contribution in [0.1, 0.15) is 5.56 Å². The van der Waals surface area contributed by atoms with Gasteiger partial charge in [-0.1, -0.05) is 12.1 Å². The molecule has 0 bridgehead atoms. The average Bonchev–Trinajstić information content (AvgIpc) is 3.04. The number of pyridine rings is 1. The molecule has 9 heteroatoms. The molecule has 0 aliphatic carbocycles. The lowest BCUT2D eigenvalue weighted by atomic mass is 10.2. The van der Waals surface area contributed by atoms with Crippen molar-refractivity contribution in [2.24, 2.45) is 0 Å². The molecule has 3 aromatic rings. The van der Waals surface area contributed by atoms with E-state index in [1.165, 1.54) is 12.3 Å². The number of aromatic nitrogens is 3.